The molecule has 6 nitrogen and oxygen atoms in total. The number of hydrogen-bond acceptors (Lipinski definition) is 5. The van der Waals surface area contributed by atoms with Crippen molar-refractivity contribution in [3.63, 3.8) is 0 Å². The second-order valence-electron chi connectivity index (χ2n) is 9.14. The Bertz CT molecular complexity index is 757. The number of alkyl carbamates (subject to hydrolysis) is 1. The molecule has 0 heterocycles. The number of esters is 1. The molecule has 1 aliphatic rings. The summed E-state index contributed by atoms with van der Waals surface area (Å²) in [5.74, 6) is -0.469. The Labute approximate surface area is 179 Å². The van der Waals surface area contributed by atoms with E-state index in [0.29, 0.717) is 24.3 Å². The maximum Gasteiger partial charge on any atom is 0.407 e. The van der Waals surface area contributed by atoms with Crippen LogP contribution in [0.1, 0.15) is 70.4 Å². The molecule has 0 radical (unpaired) electrons. The summed E-state index contributed by atoms with van der Waals surface area (Å²) in [5, 5.41) is 12.1. The highest BCUT2D eigenvalue weighted by Gasteiger charge is 2.34. The molecule has 2 atom stereocenters. The third-order valence-electron chi connectivity index (χ3n) is 5.52. The highest BCUT2D eigenvalue weighted by molar-refractivity contribution is 5.75. The number of ether oxygens (including phenoxy) is 2. The molecule has 2 rings (SSSR count). The van der Waals surface area contributed by atoms with Crippen molar-refractivity contribution in [2.24, 2.45) is 11.8 Å². The quantitative estimate of drug-likeness (QED) is 0.650. The van der Waals surface area contributed by atoms with Crippen LogP contribution in [0.2, 0.25) is 0 Å². The molecule has 1 saturated carbocycles. The molecule has 1 aliphatic carbocycles. The van der Waals surface area contributed by atoms with Gasteiger partial charge in [-0.1, -0.05) is 44.2 Å². The lowest BCUT2D eigenvalue weighted by Gasteiger charge is -2.32. The number of rotatable bonds is 7. The van der Waals surface area contributed by atoms with E-state index in [2.05, 4.69) is 11.4 Å². The largest absolute Gasteiger partial charge is 0.469 e. The first-order chi connectivity index (χ1) is 14.2. The topological polar surface area (TPSA) is 88.4 Å². The van der Waals surface area contributed by atoms with E-state index in [1.807, 2.05) is 26.8 Å². The number of benzene rings is 1. The van der Waals surface area contributed by atoms with E-state index in [-0.39, 0.29) is 5.97 Å². The first kappa shape index (κ1) is 23.7. The monoisotopic (exact) mass is 414 g/mol. The Morgan fingerprint density at radius 3 is 2.53 bits per heavy atom. The summed E-state index contributed by atoms with van der Waals surface area (Å²) in [6.45, 7) is 5.44. The summed E-state index contributed by atoms with van der Waals surface area (Å²) in [6.07, 6.45) is 6.36. The van der Waals surface area contributed by atoms with Gasteiger partial charge in [0, 0.05) is 6.04 Å². The molecule has 2 unspecified atom stereocenters. The van der Waals surface area contributed by atoms with E-state index in [0.717, 1.165) is 18.4 Å². The SMILES string of the molecule is COC(=O)C(Cc1cccc(C#N)c1)C(CC1CCCCC1)NC(=O)OC(C)(C)C. The first-order valence-electron chi connectivity index (χ1n) is 10.8. The van der Waals surface area contributed by atoms with Crippen LogP contribution < -0.4 is 5.32 Å². The summed E-state index contributed by atoms with van der Waals surface area (Å²) in [4.78, 5) is 25.3. The van der Waals surface area contributed by atoms with Gasteiger partial charge in [-0.15, -0.1) is 0 Å². The fourth-order valence-corrected chi connectivity index (χ4v) is 4.13. The van der Waals surface area contributed by atoms with Gasteiger partial charge in [-0.3, -0.25) is 4.79 Å². The van der Waals surface area contributed by atoms with Gasteiger partial charge < -0.3 is 14.8 Å². The highest BCUT2D eigenvalue weighted by atomic mass is 16.6. The van der Waals surface area contributed by atoms with Crippen molar-refractivity contribution in [3.8, 4) is 6.07 Å². The molecule has 1 aromatic rings. The van der Waals surface area contributed by atoms with Crippen molar-refractivity contribution in [2.45, 2.75) is 77.4 Å². The third-order valence-corrected chi connectivity index (χ3v) is 5.52. The third kappa shape index (κ3) is 7.70. The van der Waals surface area contributed by atoms with Gasteiger partial charge in [-0.25, -0.2) is 4.79 Å². The average molecular weight is 415 g/mol. The van der Waals surface area contributed by atoms with Gasteiger partial charge in [0.15, 0.2) is 0 Å². The van der Waals surface area contributed by atoms with E-state index in [4.69, 9.17) is 9.47 Å². The van der Waals surface area contributed by atoms with Gasteiger partial charge in [0.25, 0.3) is 0 Å². The summed E-state index contributed by atoms with van der Waals surface area (Å²) >= 11 is 0. The molecule has 30 heavy (non-hydrogen) atoms. The van der Waals surface area contributed by atoms with Crippen LogP contribution >= 0.6 is 0 Å². The molecule has 0 aliphatic heterocycles. The van der Waals surface area contributed by atoms with Crippen LogP contribution in [0.3, 0.4) is 0 Å². The molecular weight excluding hydrogens is 380 g/mol. The van der Waals surface area contributed by atoms with Crippen LogP contribution in [0, 0.1) is 23.2 Å². The van der Waals surface area contributed by atoms with Crippen molar-refractivity contribution < 1.29 is 19.1 Å². The lowest BCUT2D eigenvalue weighted by atomic mass is 9.80. The van der Waals surface area contributed by atoms with Crippen LogP contribution in [0.5, 0.6) is 0 Å². The van der Waals surface area contributed by atoms with Crippen molar-refractivity contribution in [1.82, 2.24) is 5.32 Å². The summed E-state index contributed by atoms with van der Waals surface area (Å²) < 4.78 is 10.6. The van der Waals surface area contributed by atoms with E-state index >= 15 is 0 Å². The van der Waals surface area contributed by atoms with Gasteiger partial charge >= 0.3 is 12.1 Å². The van der Waals surface area contributed by atoms with Gasteiger partial charge in [0.2, 0.25) is 0 Å². The minimum absolute atomic E-state index is 0.366. The van der Waals surface area contributed by atoms with E-state index in [9.17, 15) is 14.9 Å². The fraction of sp³-hybridized carbons (Fsp3) is 0.625. The number of methoxy groups -OCH3 is 1. The molecule has 0 bridgehead atoms. The van der Waals surface area contributed by atoms with Crippen LogP contribution in [-0.2, 0) is 20.7 Å². The van der Waals surface area contributed by atoms with Gasteiger partial charge in [0.05, 0.1) is 24.7 Å². The predicted molar refractivity (Wildman–Crippen MR) is 115 cm³/mol. The van der Waals surface area contributed by atoms with Crippen molar-refractivity contribution in [3.05, 3.63) is 35.4 Å². The summed E-state index contributed by atoms with van der Waals surface area (Å²) in [6, 6.07) is 8.94. The smallest absolute Gasteiger partial charge is 0.407 e. The van der Waals surface area contributed by atoms with Gasteiger partial charge in [-0.2, -0.15) is 5.26 Å². The average Bonchev–Trinajstić information content (AvgIpc) is 2.70. The zero-order valence-electron chi connectivity index (χ0n) is 18.6. The number of amides is 1. The Hall–Kier alpha value is -2.55. The number of nitriles is 1. The molecule has 1 N–H and O–H groups in total. The molecular formula is C24H34N2O4. The van der Waals surface area contributed by atoms with Crippen LogP contribution in [0.15, 0.2) is 24.3 Å². The van der Waals surface area contributed by atoms with Crippen LogP contribution in [-0.4, -0.2) is 30.8 Å². The van der Waals surface area contributed by atoms with E-state index in [1.54, 1.807) is 18.2 Å². The van der Waals surface area contributed by atoms with Crippen LogP contribution in [0.4, 0.5) is 4.79 Å². The number of carbonyl (C=O) groups excluding carboxylic acids is 2. The molecule has 164 valence electrons. The highest BCUT2D eigenvalue weighted by Crippen LogP contribution is 2.30. The summed E-state index contributed by atoms with van der Waals surface area (Å²) in [7, 11) is 1.37. The molecule has 6 heteroatoms. The minimum atomic E-state index is -0.624. The van der Waals surface area contributed by atoms with Gasteiger partial charge in [0.1, 0.15) is 5.60 Å². The maximum atomic E-state index is 12.7. The Morgan fingerprint density at radius 1 is 1.23 bits per heavy atom. The van der Waals surface area contributed by atoms with Crippen molar-refractivity contribution >= 4 is 12.1 Å². The zero-order chi connectivity index (χ0) is 22.1. The standard InChI is InChI=1S/C24H34N2O4/c1-24(2,3)30-23(28)26-21(15-17-9-6-5-7-10-17)20(22(27)29-4)14-18-11-8-12-19(13-18)16-25/h8,11-13,17,20-21H,5-7,9-10,14-15H2,1-4H3,(H,26,28). The van der Waals surface area contributed by atoms with Crippen molar-refractivity contribution in [2.75, 3.05) is 7.11 Å². The molecule has 0 aromatic heterocycles. The first-order valence-corrected chi connectivity index (χ1v) is 10.8. The molecule has 1 fully saturated rings. The number of hydrogen-bond donors (Lipinski definition) is 1. The normalized spacial score (nSPS) is 16.8. The van der Waals surface area contributed by atoms with Crippen molar-refractivity contribution in [1.29, 1.82) is 5.26 Å². The second-order valence-corrected chi connectivity index (χ2v) is 9.14. The number of nitrogens with zero attached hydrogens (tertiary/aromatic N) is 1. The zero-order valence-corrected chi connectivity index (χ0v) is 18.6. The molecule has 1 aromatic carbocycles. The lowest BCUT2D eigenvalue weighted by Crippen LogP contribution is -2.47. The second kappa shape index (κ2) is 11.0. The Kier molecular flexibility index (Phi) is 8.71. The van der Waals surface area contributed by atoms with Crippen LogP contribution in [0.25, 0.3) is 0 Å². The molecule has 0 spiro atoms. The number of nitrogens with one attached hydrogen (secondary N) is 1. The minimum Gasteiger partial charge on any atom is -0.469 e. The van der Waals surface area contributed by atoms with E-state index in [1.165, 1.54) is 26.4 Å². The summed E-state index contributed by atoms with van der Waals surface area (Å²) in [5.41, 5.74) is 0.783. The number of carbonyl (C=O) groups is 2. The fourth-order valence-electron chi connectivity index (χ4n) is 4.13. The molecule has 1 amide bonds. The predicted octanol–water partition coefficient (Wildman–Crippen LogP) is 4.75. The van der Waals surface area contributed by atoms with E-state index < -0.39 is 23.7 Å². The Morgan fingerprint density at radius 2 is 1.93 bits per heavy atom. The lowest BCUT2D eigenvalue weighted by molar-refractivity contribution is -0.146. The maximum absolute atomic E-state index is 12.7. The van der Waals surface area contributed by atoms with Gasteiger partial charge in [-0.05, 0) is 57.2 Å². The molecule has 0 saturated heterocycles. The Balaban J connectivity index is 2.26.